The molecule has 0 aliphatic carbocycles. The van der Waals surface area contributed by atoms with Crippen LogP contribution in [-0.2, 0) is 10.1 Å². The van der Waals surface area contributed by atoms with Gasteiger partial charge in [-0.1, -0.05) is 30.1 Å². The summed E-state index contributed by atoms with van der Waals surface area (Å²) in [6, 6.07) is 1.67. The molecule has 1 saturated heterocycles. The van der Waals surface area contributed by atoms with Crippen LogP contribution in [-0.4, -0.2) is 67.2 Å². The van der Waals surface area contributed by atoms with E-state index in [9.17, 15) is 23.1 Å². The van der Waals surface area contributed by atoms with Crippen molar-refractivity contribution in [2.24, 2.45) is 0 Å². The van der Waals surface area contributed by atoms with E-state index in [-0.39, 0.29) is 27.1 Å². The molecule has 30 heavy (non-hydrogen) atoms. The number of likely N-dealkylation sites (N-methyl/N-ethyl adjacent to an activating group) is 1. The van der Waals surface area contributed by atoms with Crippen LogP contribution in [0.5, 0.6) is 11.5 Å². The Bertz CT molecular complexity index is 868. The zero-order valence-electron chi connectivity index (χ0n) is 16.0. The van der Waals surface area contributed by atoms with Crippen LogP contribution < -0.4 is 10.1 Å². The van der Waals surface area contributed by atoms with E-state index >= 15 is 0 Å². The van der Waals surface area contributed by atoms with E-state index < -0.39 is 21.5 Å². The summed E-state index contributed by atoms with van der Waals surface area (Å²) in [6.07, 6.45) is 2.18. The number of benzene rings is 1. The average molecular weight is 497 g/mol. The molecule has 1 heterocycles. The normalized spacial score (nSPS) is 17.3. The zero-order chi connectivity index (χ0) is 23.3. The summed E-state index contributed by atoms with van der Waals surface area (Å²) in [5.41, 5.74) is -5.56. The maximum atomic E-state index is 12.4. The first kappa shape index (κ1) is 26.6. The minimum Gasteiger partial charge on any atom is -0.505 e. The van der Waals surface area contributed by atoms with Gasteiger partial charge in [-0.25, -0.2) is 0 Å². The molecule has 1 aliphatic heterocycles. The number of methoxy groups -OCH3 is 1. The number of likely N-dealkylation sites (tertiary alicyclic amines) is 1. The highest BCUT2D eigenvalue weighted by molar-refractivity contribution is 7.86. The zero-order valence-corrected chi connectivity index (χ0v) is 18.3. The van der Waals surface area contributed by atoms with E-state index in [0.29, 0.717) is 12.6 Å². The fourth-order valence-electron chi connectivity index (χ4n) is 2.84. The van der Waals surface area contributed by atoms with Crippen LogP contribution in [0.2, 0.25) is 10.0 Å². The number of carbonyl (C=O) groups excluding carboxylic acids is 1. The van der Waals surface area contributed by atoms with Gasteiger partial charge in [-0.05, 0) is 32.0 Å². The number of hydrogen-bond acceptors (Lipinski definition) is 6. The number of alkyl halides is 3. The Morgan fingerprint density at radius 1 is 1.37 bits per heavy atom. The molecule has 0 aromatic heterocycles. The lowest BCUT2D eigenvalue weighted by Gasteiger charge is -2.23. The molecule has 0 saturated carbocycles. The lowest BCUT2D eigenvalue weighted by Crippen LogP contribution is -2.40. The molecule has 2 rings (SSSR count). The fraction of sp³-hybridized carbons (Fsp3) is 0.562. The van der Waals surface area contributed by atoms with Crippen LogP contribution in [0.3, 0.4) is 0 Å². The topological polar surface area (TPSA) is 116 Å². The van der Waals surface area contributed by atoms with Gasteiger partial charge < -0.3 is 15.2 Å². The quantitative estimate of drug-likeness (QED) is 0.422. The number of carbonyl (C=O) groups is 1. The van der Waals surface area contributed by atoms with Gasteiger partial charge in [0.2, 0.25) is 0 Å². The van der Waals surface area contributed by atoms with E-state index in [2.05, 4.69) is 17.1 Å². The Balaban J connectivity index is 0.000000479. The summed E-state index contributed by atoms with van der Waals surface area (Å²) in [6.45, 7) is 4.62. The van der Waals surface area contributed by atoms with Crippen LogP contribution in [0.25, 0.3) is 0 Å². The van der Waals surface area contributed by atoms with Crippen LogP contribution in [0.15, 0.2) is 6.07 Å². The number of phenolic OH excluding ortho intramolecular Hbond substituents is 1. The molecule has 1 aliphatic rings. The molecule has 1 aromatic rings. The van der Waals surface area contributed by atoms with E-state index in [4.69, 9.17) is 40.9 Å². The standard InChI is InChI=1S/C15H20Cl2N2O3.CHF3O3S/c1-3-19-6-4-5-9(19)8-18-15(21)12-13(20)10(16)7-11(17)14(12)22-2;2-1(3,4)8(5,6)7/h7,9,20H,3-6,8H2,1-2H3,(H,18,21);(H,5,6,7)/t9-;/m0./s1. The van der Waals surface area contributed by atoms with E-state index in [1.165, 1.54) is 13.2 Å². The first-order valence-electron chi connectivity index (χ1n) is 8.55. The molecule has 1 amide bonds. The molecule has 172 valence electrons. The molecule has 0 radical (unpaired) electrons. The summed E-state index contributed by atoms with van der Waals surface area (Å²) in [4.78, 5) is 14.7. The first-order valence-corrected chi connectivity index (χ1v) is 10.7. The summed E-state index contributed by atoms with van der Waals surface area (Å²) >= 11 is 11.9. The number of rotatable bonds is 5. The molecule has 0 unspecified atom stereocenters. The number of aromatic hydroxyl groups is 1. The van der Waals surface area contributed by atoms with Crippen molar-refractivity contribution >= 4 is 39.2 Å². The molecule has 3 N–H and O–H groups in total. The number of halogens is 5. The Kier molecular flexibility index (Phi) is 9.49. The molecule has 0 spiro atoms. The van der Waals surface area contributed by atoms with Gasteiger partial charge in [-0.2, -0.15) is 21.6 Å². The van der Waals surface area contributed by atoms with Crippen molar-refractivity contribution in [3.05, 3.63) is 21.7 Å². The van der Waals surface area contributed by atoms with Gasteiger partial charge in [0.15, 0.2) is 11.5 Å². The van der Waals surface area contributed by atoms with Gasteiger partial charge in [-0.3, -0.25) is 14.2 Å². The second-order valence-corrected chi connectivity index (χ2v) is 8.38. The van der Waals surface area contributed by atoms with Gasteiger partial charge in [-0.15, -0.1) is 0 Å². The number of nitrogens with zero attached hydrogens (tertiary/aromatic N) is 1. The predicted octanol–water partition coefficient (Wildman–Crippen LogP) is 3.32. The van der Waals surface area contributed by atoms with Crippen molar-refractivity contribution in [1.29, 1.82) is 0 Å². The van der Waals surface area contributed by atoms with Crippen LogP contribution in [0.4, 0.5) is 13.2 Å². The smallest absolute Gasteiger partial charge is 0.505 e. The highest BCUT2D eigenvalue weighted by Gasteiger charge is 2.44. The Labute approximate surface area is 181 Å². The molecule has 1 fully saturated rings. The van der Waals surface area contributed by atoms with Gasteiger partial charge >= 0.3 is 15.6 Å². The van der Waals surface area contributed by atoms with Gasteiger partial charge in [0.25, 0.3) is 5.91 Å². The third-order valence-corrected chi connectivity index (χ3v) is 5.44. The van der Waals surface area contributed by atoms with E-state index in [0.717, 1.165) is 25.9 Å². The van der Waals surface area contributed by atoms with E-state index in [1.807, 2.05) is 0 Å². The average Bonchev–Trinajstić information content (AvgIpc) is 3.08. The number of phenols is 1. The molecule has 1 atom stereocenters. The maximum absolute atomic E-state index is 12.4. The minimum absolute atomic E-state index is 0.0204. The van der Waals surface area contributed by atoms with Crippen molar-refractivity contribution in [2.75, 3.05) is 26.7 Å². The Hall–Kier alpha value is -1.47. The molecular weight excluding hydrogens is 476 g/mol. The number of nitrogens with one attached hydrogen (secondary N) is 1. The van der Waals surface area contributed by atoms with Gasteiger partial charge in [0, 0.05) is 12.6 Å². The Morgan fingerprint density at radius 2 is 1.93 bits per heavy atom. The molecule has 8 nitrogen and oxygen atoms in total. The largest absolute Gasteiger partial charge is 0.522 e. The SMILES string of the molecule is CCN1CCC[C@H]1CNC(=O)c1c(O)c(Cl)cc(Cl)c1OC.O=S(=O)(O)C(F)(F)F. The summed E-state index contributed by atoms with van der Waals surface area (Å²) in [5.74, 6) is -0.638. The van der Waals surface area contributed by atoms with Crippen molar-refractivity contribution < 1.29 is 40.8 Å². The molecule has 14 heteroatoms. The summed E-state index contributed by atoms with van der Waals surface area (Å²) < 4.78 is 62.7. The second-order valence-electron chi connectivity index (χ2n) is 6.15. The van der Waals surface area contributed by atoms with Gasteiger partial charge in [0.05, 0.1) is 17.2 Å². The highest BCUT2D eigenvalue weighted by Crippen LogP contribution is 2.40. The fourth-order valence-corrected chi connectivity index (χ4v) is 3.38. The first-order chi connectivity index (χ1) is 13.7. The van der Waals surface area contributed by atoms with Crippen molar-refractivity contribution in [3.8, 4) is 11.5 Å². The summed E-state index contributed by atoms with van der Waals surface area (Å²) in [5, 5.41) is 13.1. The van der Waals surface area contributed by atoms with Gasteiger partial charge in [0.1, 0.15) is 5.56 Å². The summed E-state index contributed by atoms with van der Waals surface area (Å²) in [7, 11) is -4.45. The second kappa shape index (κ2) is 10.7. The maximum Gasteiger partial charge on any atom is 0.522 e. The van der Waals surface area contributed by atoms with Crippen molar-refractivity contribution in [1.82, 2.24) is 10.2 Å². The van der Waals surface area contributed by atoms with E-state index in [1.54, 1.807) is 0 Å². The number of amides is 1. The van der Waals surface area contributed by atoms with Crippen molar-refractivity contribution in [2.45, 2.75) is 31.3 Å². The monoisotopic (exact) mass is 496 g/mol. The third kappa shape index (κ3) is 6.77. The lowest BCUT2D eigenvalue weighted by molar-refractivity contribution is -0.0510. The number of ether oxygens (including phenoxy) is 1. The van der Waals surface area contributed by atoms with Crippen molar-refractivity contribution in [3.63, 3.8) is 0 Å². The van der Waals surface area contributed by atoms with Crippen LogP contribution in [0, 0.1) is 0 Å². The third-order valence-electron chi connectivity index (χ3n) is 4.29. The van der Waals surface area contributed by atoms with Crippen LogP contribution >= 0.6 is 23.2 Å². The number of hydrogen-bond donors (Lipinski definition) is 3. The van der Waals surface area contributed by atoms with Crippen LogP contribution in [0.1, 0.15) is 30.1 Å². The highest BCUT2D eigenvalue weighted by atomic mass is 35.5. The molecule has 1 aromatic carbocycles. The molecular formula is C16H21Cl2F3N2O6S. The lowest BCUT2D eigenvalue weighted by atomic mass is 10.1. The Morgan fingerprint density at radius 3 is 2.40 bits per heavy atom. The molecule has 0 bridgehead atoms. The predicted molar refractivity (Wildman–Crippen MR) is 105 cm³/mol. The minimum atomic E-state index is -5.84.